The number of hydrogen-bond donors (Lipinski definition) is 2. The van der Waals surface area contributed by atoms with E-state index < -0.39 is 0 Å². The van der Waals surface area contributed by atoms with Crippen LogP contribution in [0.4, 0.5) is 0 Å². The molecule has 0 unspecified atom stereocenters. The highest BCUT2D eigenvalue weighted by atomic mass is 16.1. The second-order valence-electron chi connectivity index (χ2n) is 3.76. The van der Waals surface area contributed by atoms with Gasteiger partial charge in [-0.05, 0) is 25.7 Å². The van der Waals surface area contributed by atoms with Gasteiger partial charge in [0, 0.05) is 11.5 Å². The molecule has 1 aliphatic rings. The molecule has 3 nitrogen and oxygen atoms in total. The van der Waals surface area contributed by atoms with Gasteiger partial charge in [0.15, 0.2) is 0 Å². The van der Waals surface area contributed by atoms with Gasteiger partial charge in [-0.25, -0.2) is 0 Å². The minimum absolute atomic E-state index is 0.176. The number of amides is 1. The van der Waals surface area contributed by atoms with E-state index in [4.69, 9.17) is 11.5 Å². The Balaban J connectivity index is 2.55. The largest absolute Gasteiger partial charge is 0.369 e. The van der Waals surface area contributed by atoms with E-state index in [0.717, 1.165) is 25.7 Å². The Morgan fingerprint density at radius 3 is 2.27 bits per heavy atom. The van der Waals surface area contributed by atoms with Crippen LogP contribution in [0.1, 0.15) is 32.6 Å². The second-order valence-corrected chi connectivity index (χ2v) is 3.76. The lowest BCUT2D eigenvalue weighted by atomic mass is 9.74. The number of rotatable bonds is 1. The highest BCUT2D eigenvalue weighted by Gasteiger charge is 2.34. The third-order valence-electron chi connectivity index (χ3n) is 2.73. The van der Waals surface area contributed by atoms with Crippen LogP contribution in [-0.4, -0.2) is 11.9 Å². The molecule has 0 bridgehead atoms. The van der Waals surface area contributed by atoms with Crippen LogP contribution in [0.2, 0.25) is 0 Å². The average Bonchev–Trinajstić information content (AvgIpc) is 1.95. The molecule has 4 N–H and O–H groups in total. The Morgan fingerprint density at radius 1 is 1.45 bits per heavy atom. The van der Waals surface area contributed by atoms with E-state index in [1.807, 2.05) is 6.92 Å². The summed E-state index contributed by atoms with van der Waals surface area (Å²) in [4.78, 5) is 11.0. The summed E-state index contributed by atoms with van der Waals surface area (Å²) in [6.07, 6.45) is 3.56. The van der Waals surface area contributed by atoms with Crippen molar-refractivity contribution < 1.29 is 4.79 Å². The Morgan fingerprint density at radius 2 is 1.91 bits per heavy atom. The maximum Gasteiger partial charge on any atom is 0.223 e. The molecule has 3 heteroatoms. The normalized spacial score (nSPS) is 38.5. The number of nitrogens with two attached hydrogens (primary N) is 2. The van der Waals surface area contributed by atoms with Crippen molar-refractivity contribution in [2.75, 3.05) is 0 Å². The van der Waals surface area contributed by atoms with E-state index in [1.165, 1.54) is 0 Å². The maximum absolute atomic E-state index is 11.0. The van der Waals surface area contributed by atoms with Crippen LogP contribution in [0.5, 0.6) is 0 Å². The van der Waals surface area contributed by atoms with E-state index in [2.05, 4.69) is 0 Å². The molecule has 11 heavy (non-hydrogen) atoms. The monoisotopic (exact) mass is 156 g/mol. The molecule has 0 aliphatic heterocycles. The van der Waals surface area contributed by atoms with E-state index in [-0.39, 0.29) is 17.4 Å². The Labute approximate surface area is 67.1 Å². The van der Waals surface area contributed by atoms with Crippen LogP contribution in [0.3, 0.4) is 0 Å². The molecule has 1 fully saturated rings. The third kappa shape index (κ3) is 1.71. The van der Waals surface area contributed by atoms with Gasteiger partial charge in [0.2, 0.25) is 5.91 Å². The predicted molar refractivity (Wildman–Crippen MR) is 43.7 cm³/mol. The SMILES string of the molecule is C[C@]1(C(N)=O)CC[C@H](N)CC1. The summed E-state index contributed by atoms with van der Waals surface area (Å²) >= 11 is 0. The standard InChI is InChI=1S/C8H16N2O/c1-8(7(10)11)4-2-6(9)3-5-8/h6H,2-5,9H2,1H3,(H2,10,11)/t6-,8-. The van der Waals surface area contributed by atoms with Gasteiger partial charge >= 0.3 is 0 Å². The molecule has 0 aromatic rings. The van der Waals surface area contributed by atoms with Crippen molar-refractivity contribution in [2.45, 2.75) is 38.6 Å². The van der Waals surface area contributed by atoms with Crippen LogP contribution < -0.4 is 11.5 Å². The first kappa shape index (κ1) is 8.53. The molecule has 64 valence electrons. The van der Waals surface area contributed by atoms with Gasteiger partial charge in [-0.15, -0.1) is 0 Å². The first-order chi connectivity index (χ1) is 5.04. The molecular weight excluding hydrogens is 140 g/mol. The van der Waals surface area contributed by atoms with E-state index >= 15 is 0 Å². The van der Waals surface area contributed by atoms with Crippen molar-refractivity contribution in [1.82, 2.24) is 0 Å². The highest BCUT2D eigenvalue weighted by molar-refractivity contribution is 5.80. The zero-order chi connectivity index (χ0) is 8.48. The summed E-state index contributed by atoms with van der Waals surface area (Å²) in [5.41, 5.74) is 10.7. The maximum atomic E-state index is 11.0. The molecule has 1 aliphatic carbocycles. The van der Waals surface area contributed by atoms with Crippen molar-refractivity contribution in [1.29, 1.82) is 0 Å². The summed E-state index contributed by atoms with van der Waals surface area (Å²) in [5.74, 6) is -0.176. The molecule has 1 amide bonds. The topological polar surface area (TPSA) is 69.1 Å². The van der Waals surface area contributed by atoms with E-state index in [1.54, 1.807) is 0 Å². The van der Waals surface area contributed by atoms with Gasteiger partial charge in [0.05, 0.1) is 0 Å². The highest BCUT2D eigenvalue weighted by Crippen LogP contribution is 2.34. The smallest absolute Gasteiger partial charge is 0.223 e. The van der Waals surface area contributed by atoms with Crippen molar-refractivity contribution in [3.05, 3.63) is 0 Å². The Hall–Kier alpha value is -0.570. The molecule has 0 aromatic heterocycles. The quantitative estimate of drug-likeness (QED) is 0.576. The molecule has 0 spiro atoms. The molecule has 0 atom stereocenters. The summed E-state index contributed by atoms with van der Waals surface area (Å²) in [5, 5.41) is 0. The van der Waals surface area contributed by atoms with Crippen molar-refractivity contribution in [3.8, 4) is 0 Å². The minimum Gasteiger partial charge on any atom is -0.369 e. The fourth-order valence-corrected chi connectivity index (χ4v) is 1.52. The van der Waals surface area contributed by atoms with E-state index in [0.29, 0.717) is 0 Å². The van der Waals surface area contributed by atoms with Crippen LogP contribution >= 0.6 is 0 Å². The van der Waals surface area contributed by atoms with Crippen LogP contribution in [0.15, 0.2) is 0 Å². The van der Waals surface area contributed by atoms with Gasteiger partial charge in [-0.2, -0.15) is 0 Å². The molecule has 0 saturated heterocycles. The van der Waals surface area contributed by atoms with Crippen molar-refractivity contribution in [3.63, 3.8) is 0 Å². The summed E-state index contributed by atoms with van der Waals surface area (Å²) in [7, 11) is 0. The van der Waals surface area contributed by atoms with E-state index in [9.17, 15) is 4.79 Å². The first-order valence-corrected chi connectivity index (χ1v) is 4.10. The fraction of sp³-hybridized carbons (Fsp3) is 0.875. The molecule has 0 radical (unpaired) electrons. The zero-order valence-electron chi connectivity index (χ0n) is 6.97. The number of hydrogen-bond acceptors (Lipinski definition) is 2. The molecule has 1 rings (SSSR count). The second kappa shape index (κ2) is 2.81. The summed E-state index contributed by atoms with van der Waals surface area (Å²) < 4.78 is 0. The lowest BCUT2D eigenvalue weighted by molar-refractivity contribution is -0.128. The first-order valence-electron chi connectivity index (χ1n) is 4.10. The number of carbonyl (C=O) groups excluding carboxylic acids is 1. The van der Waals surface area contributed by atoms with Crippen LogP contribution in [-0.2, 0) is 4.79 Å². The van der Waals surface area contributed by atoms with Crippen LogP contribution in [0.25, 0.3) is 0 Å². The number of primary amides is 1. The molecular formula is C8H16N2O. The van der Waals surface area contributed by atoms with Gasteiger partial charge in [0.25, 0.3) is 0 Å². The van der Waals surface area contributed by atoms with Gasteiger partial charge in [0.1, 0.15) is 0 Å². The van der Waals surface area contributed by atoms with Crippen molar-refractivity contribution >= 4 is 5.91 Å². The van der Waals surface area contributed by atoms with Crippen molar-refractivity contribution in [2.24, 2.45) is 16.9 Å². The summed E-state index contributed by atoms with van der Waals surface area (Å²) in [6.45, 7) is 1.93. The summed E-state index contributed by atoms with van der Waals surface area (Å²) in [6, 6.07) is 0.280. The Bertz CT molecular complexity index is 159. The van der Waals surface area contributed by atoms with Gasteiger partial charge in [-0.3, -0.25) is 4.79 Å². The minimum atomic E-state index is -0.282. The fourth-order valence-electron chi connectivity index (χ4n) is 1.52. The third-order valence-corrected chi connectivity index (χ3v) is 2.73. The van der Waals surface area contributed by atoms with Crippen LogP contribution in [0, 0.1) is 5.41 Å². The Kier molecular flexibility index (Phi) is 2.18. The van der Waals surface area contributed by atoms with Gasteiger partial charge in [-0.1, -0.05) is 6.92 Å². The average molecular weight is 156 g/mol. The molecule has 1 saturated carbocycles. The molecule has 0 aromatic carbocycles. The lowest BCUT2D eigenvalue weighted by Gasteiger charge is -2.33. The zero-order valence-corrected chi connectivity index (χ0v) is 6.97. The van der Waals surface area contributed by atoms with Gasteiger partial charge < -0.3 is 11.5 Å². The predicted octanol–water partition coefficient (Wildman–Crippen LogP) is 0.379. The lowest BCUT2D eigenvalue weighted by Crippen LogP contribution is -2.40. The number of carbonyl (C=O) groups is 1. The molecule has 0 heterocycles.